The molecule has 0 radical (unpaired) electrons. The van der Waals surface area contributed by atoms with Gasteiger partial charge in [0, 0.05) is 17.1 Å². The van der Waals surface area contributed by atoms with E-state index in [4.69, 9.17) is 6.85 Å². The fourth-order valence-electron chi connectivity index (χ4n) is 9.88. The van der Waals surface area contributed by atoms with Gasteiger partial charge in [-0.05, 0) is 137 Å². The molecule has 0 aromatic heterocycles. The fraction of sp³-hybridized carbons (Fsp3) is 0.0169. The molecule has 10 aromatic rings. The van der Waals surface area contributed by atoms with Crippen molar-refractivity contribution < 1.29 is 6.85 Å². The Bertz CT molecular complexity index is 3450. The maximum absolute atomic E-state index is 8.49. The molecule has 0 atom stereocenters. The normalized spacial score (nSPS) is 14.0. The third kappa shape index (κ3) is 5.26. The van der Waals surface area contributed by atoms with Crippen LogP contribution in [0.2, 0.25) is 0 Å². The highest BCUT2D eigenvalue weighted by Crippen LogP contribution is 2.63. The number of anilines is 3. The van der Waals surface area contributed by atoms with Gasteiger partial charge in [0.05, 0.1) is 12.3 Å². The van der Waals surface area contributed by atoms with Crippen LogP contribution in [0.3, 0.4) is 0 Å². The van der Waals surface area contributed by atoms with Crippen LogP contribution in [0.4, 0.5) is 17.1 Å². The summed E-state index contributed by atoms with van der Waals surface area (Å²) in [6.07, 6.45) is 0. The van der Waals surface area contributed by atoms with E-state index in [1.165, 1.54) is 55.6 Å². The van der Waals surface area contributed by atoms with E-state index in [0.717, 1.165) is 39.0 Å². The lowest BCUT2D eigenvalue weighted by Crippen LogP contribution is -2.25. The molecule has 1 spiro atoms. The quantitative estimate of drug-likeness (QED) is 0.163. The minimum atomic E-state index is -0.397. The number of nitrogens with zero attached hydrogens (tertiary/aromatic N) is 1. The molecular formula is C59H39N. The van der Waals surface area contributed by atoms with Gasteiger partial charge in [-0.25, -0.2) is 0 Å². The van der Waals surface area contributed by atoms with Crippen LogP contribution in [0.25, 0.3) is 66.4 Å². The monoisotopic (exact) mass is 766 g/mol. The maximum atomic E-state index is 8.49. The van der Waals surface area contributed by atoms with Gasteiger partial charge in [0.25, 0.3) is 0 Å². The van der Waals surface area contributed by atoms with Gasteiger partial charge in [-0.3, -0.25) is 0 Å². The summed E-state index contributed by atoms with van der Waals surface area (Å²) < 4.78 is 41.3. The van der Waals surface area contributed by atoms with Crippen LogP contribution in [0, 0.1) is 0 Å². The second kappa shape index (κ2) is 13.7. The van der Waals surface area contributed by atoms with E-state index in [2.05, 4.69) is 169 Å². The molecule has 0 bridgehead atoms. The summed E-state index contributed by atoms with van der Waals surface area (Å²) >= 11 is 0. The smallest absolute Gasteiger partial charge is 0.0725 e. The molecule has 1 nitrogen and oxygen atoms in total. The van der Waals surface area contributed by atoms with E-state index >= 15 is 0 Å². The second-order valence-corrected chi connectivity index (χ2v) is 15.7. The molecule has 0 amide bonds. The first-order valence-corrected chi connectivity index (χ1v) is 20.4. The molecule has 2 aliphatic rings. The zero-order valence-corrected chi connectivity index (χ0v) is 32.6. The zero-order chi connectivity index (χ0) is 44.0. The van der Waals surface area contributed by atoms with Crippen LogP contribution in [0.1, 0.15) is 29.1 Å². The summed E-state index contributed by atoms with van der Waals surface area (Å²) in [6, 6.07) is 72.1. The van der Waals surface area contributed by atoms with Crippen molar-refractivity contribution in [2.24, 2.45) is 0 Å². The molecule has 0 fully saturated rings. The Morgan fingerprint density at radius 3 is 1.37 bits per heavy atom. The highest BCUT2D eigenvalue weighted by molar-refractivity contribution is 5.96. The summed E-state index contributed by atoms with van der Waals surface area (Å²) in [5.41, 5.74) is 18.5. The topological polar surface area (TPSA) is 3.24 Å². The third-order valence-corrected chi connectivity index (χ3v) is 12.6. The molecule has 60 heavy (non-hydrogen) atoms. The lowest BCUT2D eigenvalue weighted by Gasteiger charge is -2.30. The molecular weight excluding hydrogens is 723 g/mol. The van der Waals surface area contributed by atoms with E-state index in [1.807, 2.05) is 42.5 Å². The van der Waals surface area contributed by atoms with Crippen molar-refractivity contribution in [3.05, 3.63) is 259 Å². The van der Waals surface area contributed by atoms with Gasteiger partial charge in [0.15, 0.2) is 0 Å². The van der Waals surface area contributed by atoms with Gasteiger partial charge < -0.3 is 4.90 Å². The van der Waals surface area contributed by atoms with E-state index < -0.39 is 6.04 Å². The summed E-state index contributed by atoms with van der Waals surface area (Å²) in [5, 5.41) is 2.23. The van der Waals surface area contributed by atoms with Crippen molar-refractivity contribution in [1.29, 1.82) is 0 Å². The lowest BCUT2D eigenvalue weighted by molar-refractivity contribution is 0.794. The molecule has 0 saturated carbocycles. The van der Waals surface area contributed by atoms with Crippen molar-refractivity contribution in [3.8, 4) is 55.6 Å². The molecule has 2 aliphatic carbocycles. The van der Waals surface area contributed by atoms with Crippen LogP contribution in [0.5, 0.6) is 0 Å². The van der Waals surface area contributed by atoms with Gasteiger partial charge in [-0.2, -0.15) is 0 Å². The summed E-state index contributed by atoms with van der Waals surface area (Å²) in [6.45, 7) is 0. The average Bonchev–Trinajstić information content (AvgIpc) is 3.83. The zero-order valence-electron chi connectivity index (χ0n) is 37.6. The number of para-hydroxylation sites is 1. The molecule has 280 valence electrons. The number of rotatable bonds is 6. The first kappa shape index (κ1) is 29.5. The first-order valence-electron chi connectivity index (χ1n) is 22.9. The highest BCUT2D eigenvalue weighted by Gasteiger charge is 2.51. The van der Waals surface area contributed by atoms with Gasteiger partial charge in [0.1, 0.15) is 0 Å². The van der Waals surface area contributed by atoms with Gasteiger partial charge in [-0.15, -0.1) is 0 Å². The SMILES string of the molecule is [2H]c1c([2H])c([2H])c(-c2ccc(N(c3ccccc3)c3ccc4cc(-c5ccc(-c6ccc7c(c6)C6(c8ccccc8-c8ccccc86)c6ccccc6-7)cc5)ccc4c3)cc2)c([2H])c1[2H]. The van der Waals surface area contributed by atoms with E-state index in [9.17, 15) is 0 Å². The Labute approximate surface area is 358 Å². The molecule has 0 saturated heterocycles. The van der Waals surface area contributed by atoms with Crippen LogP contribution in [-0.4, -0.2) is 0 Å². The van der Waals surface area contributed by atoms with Gasteiger partial charge in [-0.1, -0.05) is 188 Å². The molecule has 1 heteroatoms. The molecule has 0 aliphatic heterocycles. The second-order valence-electron chi connectivity index (χ2n) is 15.7. The summed E-state index contributed by atoms with van der Waals surface area (Å²) in [7, 11) is 0. The number of hydrogen-bond donors (Lipinski definition) is 0. The number of fused-ring (bicyclic) bond motifs is 11. The standard InChI is InChI=1S/C59H39N/c1-3-13-40(14-4-1)41-29-33-49(34-30-41)60(48-15-5-2-6-16-48)50-35-31-45-37-44(27-28-46(45)38-50)42-23-25-43(26-24-42)47-32-36-54-53-19-9-12-22-57(53)59(58(54)39-47)55-20-10-7-17-51(55)52-18-8-11-21-56(52)59/h1-39H/i1D,3D,4D,13D,14D. The minimum Gasteiger partial charge on any atom is -0.310 e. The Kier molecular flexibility index (Phi) is 6.72. The van der Waals surface area contributed by atoms with Gasteiger partial charge in [0.2, 0.25) is 0 Å². The predicted octanol–water partition coefficient (Wildman–Crippen LogP) is 15.7. The van der Waals surface area contributed by atoms with E-state index in [1.54, 1.807) is 0 Å². The van der Waals surface area contributed by atoms with Gasteiger partial charge >= 0.3 is 0 Å². The summed E-state index contributed by atoms with van der Waals surface area (Å²) in [5.74, 6) is 0. The first-order chi connectivity index (χ1) is 31.8. The fourth-order valence-corrected chi connectivity index (χ4v) is 9.88. The van der Waals surface area contributed by atoms with E-state index in [-0.39, 0.29) is 35.1 Å². The molecule has 0 unspecified atom stereocenters. The Balaban J connectivity index is 0.870. The predicted molar refractivity (Wildman–Crippen MR) is 251 cm³/mol. The highest BCUT2D eigenvalue weighted by atomic mass is 15.1. The lowest BCUT2D eigenvalue weighted by atomic mass is 9.70. The van der Waals surface area contributed by atoms with Crippen LogP contribution in [0.15, 0.2) is 236 Å². The Morgan fingerprint density at radius 2 is 0.733 bits per heavy atom. The van der Waals surface area contributed by atoms with Crippen molar-refractivity contribution >= 4 is 27.8 Å². The van der Waals surface area contributed by atoms with E-state index in [0.29, 0.717) is 5.56 Å². The average molecular weight is 767 g/mol. The van der Waals surface area contributed by atoms with Crippen molar-refractivity contribution in [2.45, 2.75) is 5.41 Å². The van der Waals surface area contributed by atoms with Crippen molar-refractivity contribution in [3.63, 3.8) is 0 Å². The molecule has 12 rings (SSSR count). The number of benzene rings is 10. The summed E-state index contributed by atoms with van der Waals surface area (Å²) in [4.78, 5) is 2.17. The largest absolute Gasteiger partial charge is 0.310 e. The Morgan fingerprint density at radius 1 is 0.300 bits per heavy atom. The molecule has 10 aromatic carbocycles. The van der Waals surface area contributed by atoms with Crippen LogP contribution >= 0.6 is 0 Å². The van der Waals surface area contributed by atoms with Crippen LogP contribution in [-0.2, 0) is 5.41 Å². The minimum absolute atomic E-state index is 0.190. The Hall–Kier alpha value is -7.74. The van der Waals surface area contributed by atoms with Crippen LogP contribution < -0.4 is 4.90 Å². The maximum Gasteiger partial charge on any atom is 0.0725 e. The van der Waals surface area contributed by atoms with Crippen molar-refractivity contribution in [2.75, 3.05) is 4.90 Å². The molecule has 0 N–H and O–H groups in total. The third-order valence-electron chi connectivity index (χ3n) is 12.6. The number of hydrogen-bond acceptors (Lipinski definition) is 1. The molecule has 0 heterocycles. The van der Waals surface area contributed by atoms with Crippen molar-refractivity contribution in [1.82, 2.24) is 0 Å².